The number of nitrogens with zero attached hydrogens (tertiary/aromatic N) is 2. The average Bonchev–Trinajstić information content (AvgIpc) is 3.24. The van der Waals surface area contributed by atoms with E-state index in [0.29, 0.717) is 28.3 Å². The van der Waals surface area contributed by atoms with Gasteiger partial charge in [-0.25, -0.2) is 4.79 Å². The van der Waals surface area contributed by atoms with Crippen LogP contribution in [0.15, 0.2) is 47.5 Å². The van der Waals surface area contributed by atoms with Crippen molar-refractivity contribution in [2.75, 3.05) is 6.61 Å². The molecule has 1 unspecified atom stereocenters. The van der Waals surface area contributed by atoms with E-state index in [1.54, 1.807) is 19.1 Å². The first-order valence-corrected chi connectivity index (χ1v) is 10.00. The highest BCUT2D eigenvalue weighted by Crippen LogP contribution is 2.45. The second-order valence-electron chi connectivity index (χ2n) is 6.80. The quantitative estimate of drug-likeness (QED) is 0.336. The molecule has 0 aliphatic carbocycles. The molecular weight excluding hydrogens is 476 g/mol. The van der Waals surface area contributed by atoms with Crippen LogP contribution in [-0.4, -0.2) is 33.1 Å². The van der Waals surface area contributed by atoms with Crippen molar-refractivity contribution < 1.29 is 41.0 Å². The van der Waals surface area contributed by atoms with Crippen molar-refractivity contribution in [3.8, 4) is 5.75 Å². The molecule has 0 spiro atoms. The molecule has 13 heteroatoms. The Morgan fingerprint density at radius 1 is 1.09 bits per heavy atom. The molecule has 2 aromatic carbocycles. The minimum atomic E-state index is -5.22. The number of rotatable bonds is 7. The van der Waals surface area contributed by atoms with Gasteiger partial charge in [0.2, 0.25) is 0 Å². The van der Waals surface area contributed by atoms with Crippen molar-refractivity contribution in [3.05, 3.63) is 70.5 Å². The molecule has 1 heterocycles. The normalized spacial score (nSPS) is 13.1. The monoisotopic (exact) mass is 491 g/mol. The maximum absolute atomic E-state index is 13.4. The molecule has 6 nitrogen and oxygen atoms in total. The number of hydrogen-bond donors (Lipinski definition) is 2. The van der Waals surface area contributed by atoms with E-state index < -0.39 is 41.3 Å². The number of carbonyl (C=O) groups is 1. The first-order chi connectivity index (χ1) is 15.4. The Bertz CT molecular complexity index is 1130. The fraction of sp³-hybridized carbons (Fsp3) is 0.250. The Kier molecular flexibility index (Phi) is 6.91. The topological polar surface area (TPSA) is 88.1 Å². The van der Waals surface area contributed by atoms with Gasteiger partial charge in [-0.15, -0.1) is 11.8 Å². The highest BCUT2D eigenvalue weighted by molar-refractivity contribution is 7.99. The predicted octanol–water partition coefficient (Wildman–Crippen LogP) is 5.50. The first-order valence-electron chi connectivity index (χ1n) is 9.12. The number of carboxylic acid groups (broad SMARTS) is 1. The van der Waals surface area contributed by atoms with E-state index in [1.807, 2.05) is 0 Å². The third-order valence-corrected chi connectivity index (χ3v) is 5.69. The summed E-state index contributed by atoms with van der Waals surface area (Å²) in [4.78, 5) is 11.2. The number of aromatic amines is 1. The molecule has 0 amide bonds. The average molecular weight is 491 g/mol. The highest BCUT2D eigenvalue weighted by Gasteiger charge is 2.43. The number of benzene rings is 2. The van der Waals surface area contributed by atoms with E-state index >= 15 is 0 Å². The number of alkyl halides is 6. The number of carboxylic acids is 1. The van der Waals surface area contributed by atoms with Crippen LogP contribution < -0.4 is 4.74 Å². The molecule has 3 aromatic rings. The smallest absolute Gasteiger partial charge is 0.417 e. The molecule has 0 fully saturated rings. The van der Waals surface area contributed by atoms with Gasteiger partial charge in [0, 0.05) is 4.90 Å². The van der Waals surface area contributed by atoms with Crippen LogP contribution in [0.5, 0.6) is 5.75 Å². The van der Waals surface area contributed by atoms with Crippen molar-refractivity contribution in [2.45, 2.75) is 29.4 Å². The van der Waals surface area contributed by atoms with Gasteiger partial charge in [-0.2, -0.15) is 41.8 Å². The van der Waals surface area contributed by atoms with Crippen LogP contribution in [0.4, 0.5) is 26.3 Å². The Balaban J connectivity index is 2.00. The fourth-order valence-electron chi connectivity index (χ4n) is 2.98. The lowest BCUT2D eigenvalue weighted by Crippen LogP contribution is -2.17. The zero-order chi connectivity index (χ0) is 24.4. The Labute approximate surface area is 187 Å². The van der Waals surface area contributed by atoms with Crippen molar-refractivity contribution in [3.63, 3.8) is 0 Å². The number of hydrogen-bond acceptors (Lipinski definition) is 5. The van der Waals surface area contributed by atoms with Crippen LogP contribution in [0.1, 0.15) is 33.2 Å². The lowest BCUT2D eigenvalue weighted by atomic mass is 10.00. The van der Waals surface area contributed by atoms with Crippen molar-refractivity contribution in [1.82, 2.24) is 15.4 Å². The predicted molar refractivity (Wildman–Crippen MR) is 105 cm³/mol. The summed E-state index contributed by atoms with van der Waals surface area (Å²) in [7, 11) is 0. The molecule has 33 heavy (non-hydrogen) atoms. The standard InChI is InChI=1S/C20H15F6N3O3S/c1-10-6-12(3-5-16(10)32-9-17(30)31)33-18(15-8-27-29-28-15)11-2-4-13(19(21,22)23)14(7-11)20(24,25)26/h2-8,18H,9H2,1H3,(H,30,31)(H,27,28,29). The summed E-state index contributed by atoms with van der Waals surface area (Å²) in [5.41, 5.74) is -2.87. The Hall–Kier alpha value is -3.22. The minimum Gasteiger partial charge on any atom is -0.482 e. The summed E-state index contributed by atoms with van der Waals surface area (Å²) in [6.45, 7) is 1.09. The number of halogens is 6. The van der Waals surface area contributed by atoms with Crippen molar-refractivity contribution >= 4 is 17.7 Å². The van der Waals surface area contributed by atoms with Crippen LogP contribution in [0.3, 0.4) is 0 Å². The number of aromatic nitrogens is 3. The molecule has 1 aromatic heterocycles. The van der Waals surface area contributed by atoms with Crippen LogP contribution in [0.25, 0.3) is 0 Å². The molecule has 0 radical (unpaired) electrons. The molecule has 3 rings (SSSR count). The summed E-state index contributed by atoms with van der Waals surface area (Å²) in [5, 5.41) is 17.7. The second kappa shape index (κ2) is 9.33. The third kappa shape index (κ3) is 5.97. The summed E-state index contributed by atoms with van der Waals surface area (Å²) in [6, 6.07) is 6.50. The van der Waals surface area contributed by atoms with Crippen LogP contribution in [0, 0.1) is 6.92 Å². The summed E-state index contributed by atoms with van der Waals surface area (Å²) >= 11 is 1.04. The molecule has 2 N–H and O–H groups in total. The molecule has 0 aliphatic heterocycles. The van der Waals surface area contributed by atoms with Gasteiger partial charge < -0.3 is 9.84 Å². The zero-order valence-corrected chi connectivity index (χ0v) is 17.5. The van der Waals surface area contributed by atoms with Gasteiger partial charge in [0.15, 0.2) is 6.61 Å². The zero-order valence-electron chi connectivity index (χ0n) is 16.7. The van der Waals surface area contributed by atoms with Crippen molar-refractivity contribution in [1.29, 1.82) is 0 Å². The van der Waals surface area contributed by atoms with E-state index in [-0.39, 0.29) is 11.3 Å². The second-order valence-corrected chi connectivity index (χ2v) is 7.98. The van der Waals surface area contributed by atoms with E-state index in [4.69, 9.17) is 9.84 Å². The lowest BCUT2D eigenvalue weighted by Gasteiger charge is -2.20. The fourth-order valence-corrected chi connectivity index (χ4v) is 4.16. The largest absolute Gasteiger partial charge is 0.482 e. The van der Waals surface area contributed by atoms with Crippen LogP contribution in [0.2, 0.25) is 0 Å². The summed E-state index contributed by atoms with van der Waals surface area (Å²) in [5.74, 6) is -0.865. The number of thioether (sulfide) groups is 1. The van der Waals surface area contributed by atoms with E-state index in [9.17, 15) is 31.1 Å². The van der Waals surface area contributed by atoms with Crippen molar-refractivity contribution in [2.24, 2.45) is 0 Å². The van der Waals surface area contributed by atoms with Gasteiger partial charge >= 0.3 is 18.3 Å². The molecule has 0 saturated carbocycles. The summed E-state index contributed by atoms with van der Waals surface area (Å²) in [6.07, 6.45) is -9.14. The molecule has 0 saturated heterocycles. The Morgan fingerprint density at radius 3 is 2.33 bits per heavy atom. The van der Waals surface area contributed by atoms with Gasteiger partial charge in [0.1, 0.15) is 11.4 Å². The van der Waals surface area contributed by atoms with E-state index in [1.165, 1.54) is 12.3 Å². The molecular formula is C20H15F6N3O3S. The van der Waals surface area contributed by atoms with Crippen LogP contribution in [-0.2, 0) is 17.1 Å². The van der Waals surface area contributed by atoms with E-state index in [0.717, 1.165) is 17.8 Å². The maximum Gasteiger partial charge on any atom is 0.417 e. The third-order valence-electron chi connectivity index (χ3n) is 4.41. The lowest BCUT2D eigenvalue weighted by molar-refractivity contribution is -0.162. The number of ether oxygens (including phenoxy) is 1. The van der Waals surface area contributed by atoms with E-state index in [2.05, 4.69) is 15.4 Å². The molecule has 1 atom stereocenters. The molecule has 0 bridgehead atoms. The van der Waals surface area contributed by atoms with Crippen LogP contribution >= 0.6 is 11.8 Å². The first kappa shape index (κ1) is 24.4. The Morgan fingerprint density at radius 2 is 1.79 bits per heavy atom. The molecule has 176 valence electrons. The van der Waals surface area contributed by atoms with Gasteiger partial charge in [-0.3, -0.25) is 0 Å². The minimum absolute atomic E-state index is 0.0573. The number of aryl methyl sites for hydroxylation is 1. The number of aliphatic carboxylic acids is 1. The van der Waals surface area contributed by atoms with Gasteiger partial charge in [-0.1, -0.05) is 6.07 Å². The van der Waals surface area contributed by atoms with Gasteiger partial charge in [0.05, 0.1) is 22.6 Å². The summed E-state index contributed by atoms with van der Waals surface area (Å²) < 4.78 is 84.8. The maximum atomic E-state index is 13.4. The molecule has 0 aliphatic rings. The number of H-pyrrole nitrogens is 1. The van der Waals surface area contributed by atoms with Gasteiger partial charge in [0.25, 0.3) is 0 Å². The number of nitrogens with one attached hydrogen (secondary N) is 1. The highest BCUT2D eigenvalue weighted by atomic mass is 32.2. The van der Waals surface area contributed by atoms with Gasteiger partial charge in [-0.05, 0) is 48.4 Å². The SMILES string of the molecule is Cc1cc(SC(c2ccc(C(F)(F)F)c(C(F)(F)F)c2)c2cn[nH]n2)ccc1OCC(=O)O.